The molecule has 0 saturated heterocycles. The monoisotopic (exact) mass is 391 g/mol. The summed E-state index contributed by atoms with van der Waals surface area (Å²) in [6.07, 6.45) is 0.987. The summed E-state index contributed by atoms with van der Waals surface area (Å²) in [5, 5.41) is 0. The molecule has 18 heavy (non-hydrogen) atoms. The average Bonchev–Trinajstić information content (AvgIpc) is 2.27. The van der Waals surface area contributed by atoms with Gasteiger partial charge in [0.1, 0.15) is 0 Å². The number of hydrogen-bond donors (Lipinski definition) is 0. The summed E-state index contributed by atoms with van der Waals surface area (Å²) in [5.41, 5.74) is -4.45. The molecule has 0 saturated carbocycles. The summed E-state index contributed by atoms with van der Waals surface area (Å²) in [6.45, 7) is -0.130. The lowest BCUT2D eigenvalue weighted by atomic mass is 10.0. The van der Waals surface area contributed by atoms with Gasteiger partial charge in [-0.25, -0.2) is 0 Å². The zero-order valence-corrected chi connectivity index (χ0v) is 12.0. The molecular formula is C10H9F3INO2S. The number of nitrogens with zero attached hydrogens (tertiary/aromatic N) is 1. The molecule has 1 aromatic carbocycles. The molecule has 0 radical (unpaired) electrons. The van der Waals surface area contributed by atoms with Crippen LogP contribution in [0.1, 0.15) is 12.0 Å². The van der Waals surface area contributed by atoms with Gasteiger partial charge in [-0.05, 0) is 53.1 Å². The summed E-state index contributed by atoms with van der Waals surface area (Å²) < 4.78 is 62.0. The van der Waals surface area contributed by atoms with Crippen molar-refractivity contribution in [3.63, 3.8) is 0 Å². The first kappa shape index (κ1) is 13.9. The molecule has 0 amide bonds. The quantitative estimate of drug-likeness (QED) is 0.691. The zero-order chi connectivity index (χ0) is 13.6. The standard InChI is InChI=1S/C10H9F3INO2S/c11-10(12,13)18(16,17)15-6-2-3-7-8(14)4-1-5-9(7)15/h1,4-5H,2-3,6H2. The molecule has 2 rings (SSSR count). The average molecular weight is 391 g/mol. The molecule has 0 unspecified atom stereocenters. The summed E-state index contributed by atoms with van der Waals surface area (Å²) in [7, 11) is -5.30. The minimum absolute atomic E-state index is 0.130. The van der Waals surface area contributed by atoms with Gasteiger partial charge in [0.25, 0.3) is 0 Å². The van der Waals surface area contributed by atoms with Crippen LogP contribution in [0.3, 0.4) is 0 Å². The van der Waals surface area contributed by atoms with Crippen molar-refractivity contribution in [3.8, 4) is 0 Å². The molecule has 1 heterocycles. The number of alkyl halides is 3. The van der Waals surface area contributed by atoms with E-state index in [0.29, 0.717) is 22.7 Å². The second kappa shape index (κ2) is 4.55. The number of hydrogen-bond acceptors (Lipinski definition) is 2. The minimum Gasteiger partial charge on any atom is -0.262 e. The maximum atomic E-state index is 12.6. The van der Waals surface area contributed by atoms with Crippen molar-refractivity contribution in [1.29, 1.82) is 0 Å². The normalized spacial score (nSPS) is 16.6. The molecule has 0 bridgehead atoms. The van der Waals surface area contributed by atoms with Crippen molar-refractivity contribution in [3.05, 3.63) is 27.3 Å². The maximum absolute atomic E-state index is 12.6. The van der Waals surface area contributed by atoms with E-state index in [2.05, 4.69) is 0 Å². The van der Waals surface area contributed by atoms with Crippen LogP contribution in [0.5, 0.6) is 0 Å². The Bertz CT molecular complexity index is 571. The van der Waals surface area contributed by atoms with Gasteiger partial charge in [-0.3, -0.25) is 4.31 Å². The van der Waals surface area contributed by atoms with E-state index in [4.69, 9.17) is 0 Å². The molecular weight excluding hydrogens is 382 g/mol. The van der Waals surface area contributed by atoms with Gasteiger partial charge in [0.05, 0.1) is 5.69 Å². The van der Waals surface area contributed by atoms with E-state index in [1.807, 2.05) is 22.6 Å². The zero-order valence-electron chi connectivity index (χ0n) is 9.04. The Morgan fingerprint density at radius 3 is 2.56 bits per heavy atom. The fourth-order valence-electron chi connectivity index (χ4n) is 1.92. The number of fused-ring (bicyclic) bond motifs is 1. The number of rotatable bonds is 1. The first-order valence-electron chi connectivity index (χ1n) is 5.11. The number of anilines is 1. The topological polar surface area (TPSA) is 37.4 Å². The largest absolute Gasteiger partial charge is 0.516 e. The van der Waals surface area contributed by atoms with Crippen LogP contribution < -0.4 is 4.31 Å². The third-order valence-electron chi connectivity index (χ3n) is 2.73. The van der Waals surface area contributed by atoms with Gasteiger partial charge in [0.15, 0.2) is 0 Å². The molecule has 1 aliphatic heterocycles. The summed E-state index contributed by atoms with van der Waals surface area (Å²) in [5.74, 6) is 0. The predicted molar refractivity (Wildman–Crippen MR) is 69.8 cm³/mol. The lowest BCUT2D eigenvalue weighted by Crippen LogP contribution is -2.43. The smallest absolute Gasteiger partial charge is 0.262 e. The van der Waals surface area contributed by atoms with Crippen molar-refractivity contribution in [2.24, 2.45) is 0 Å². The van der Waals surface area contributed by atoms with Gasteiger partial charge in [-0.1, -0.05) is 6.07 Å². The molecule has 0 spiro atoms. The highest BCUT2D eigenvalue weighted by Crippen LogP contribution is 2.37. The van der Waals surface area contributed by atoms with Gasteiger partial charge in [0, 0.05) is 10.1 Å². The summed E-state index contributed by atoms with van der Waals surface area (Å²) in [6, 6.07) is 4.73. The third kappa shape index (κ3) is 2.20. The Labute approximate surface area is 116 Å². The molecule has 1 aromatic rings. The molecule has 0 aromatic heterocycles. The molecule has 1 aliphatic rings. The fraction of sp³-hybridized carbons (Fsp3) is 0.400. The second-order valence-electron chi connectivity index (χ2n) is 3.86. The van der Waals surface area contributed by atoms with E-state index < -0.39 is 15.5 Å². The molecule has 3 nitrogen and oxygen atoms in total. The van der Waals surface area contributed by atoms with Gasteiger partial charge in [0.2, 0.25) is 0 Å². The van der Waals surface area contributed by atoms with Crippen LogP contribution in [0.2, 0.25) is 0 Å². The molecule has 0 fully saturated rings. The highest BCUT2D eigenvalue weighted by Gasteiger charge is 2.51. The van der Waals surface area contributed by atoms with Crippen molar-refractivity contribution in [2.45, 2.75) is 18.3 Å². The van der Waals surface area contributed by atoms with Crippen LogP contribution in [0.15, 0.2) is 18.2 Å². The SMILES string of the molecule is O=S(=O)(N1CCCc2c(I)cccc21)C(F)(F)F. The van der Waals surface area contributed by atoms with E-state index in [0.717, 1.165) is 3.57 Å². The molecule has 0 atom stereocenters. The summed E-state index contributed by atoms with van der Waals surface area (Å²) in [4.78, 5) is 0. The number of benzene rings is 1. The van der Waals surface area contributed by atoms with E-state index in [9.17, 15) is 21.6 Å². The first-order valence-corrected chi connectivity index (χ1v) is 7.63. The van der Waals surface area contributed by atoms with Crippen LogP contribution in [0, 0.1) is 3.57 Å². The molecule has 100 valence electrons. The lowest BCUT2D eigenvalue weighted by Gasteiger charge is -2.31. The Hall–Kier alpha value is -0.510. The van der Waals surface area contributed by atoms with Gasteiger partial charge < -0.3 is 0 Å². The Morgan fingerprint density at radius 2 is 1.94 bits per heavy atom. The predicted octanol–water partition coefficient (Wildman–Crippen LogP) is 2.89. The summed E-state index contributed by atoms with van der Waals surface area (Å²) >= 11 is 2.00. The first-order chi connectivity index (χ1) is 8.25. The van der Waals surface area contributed by atoms with Crippen molar-refractivity contribution < 1.29 is 21.6 Å². The fourth-order valence-corrected chi connectivity index (χ4v) is 3.73. The highest BCUT2D eigenvalue weighted by atomic mass is 127. The molecule has 0 aliphatic carbocycles. The van der Waals surface area contributed by atoms with Gasteiger partial charge >= 0.3 is 15.5 Å². The Balaban J connectivity index is 2.56. The lowest BCUT2D eigenvalue weighted by molar-refractivity contribution is -0.0438. The third-order valence-corrected chi connectivity index (χ3v) is 5.29. The highest BCUT2D eigenvalue weighted by molar-refractivity contribution is 14.1. The second-order valence-corrected chi connectivity index (χ2v) is 6.88. The van der Waals surface area contributed by atoms with Gasteiger partial charge in [-0.15, -0.1) is 0 Å². The Morgan fingerprint density at radius 1 is 1.28 bits per heavy atom. The molecule has 0 N–H and O–H groups in total. The van der Waals surface area contributed by atoms with Crippen LogP contribution in [-0.4, -0.2) is 20.5 Å². The van der Waals surface area contributed by atoms with E-state index >= 15 is 0 Å². The molecule has 8 heteroatoms. The Kier molecular flexibility index (Phi) is 3.52. The van der Waals surface area contributed by atoms with Crippen LogP contribution in [0.25, 0.3) is 0 Å². The van der Waals surface area contributed by atoms with Crippen LogP contribution >= 0.6 is 22.6 Å². The maximum Gasteiger partial charge on any atom is 0.516 e. The minimum atomic E-state index is -5.30. The number of sulfonamides is 1. The van der Waals surface area contributed by atoms with Gasteiger partial charge in [-0.2, -0.15) is 21.6 Å². The van der Waals surface area contributed by atoms with Crippen LogP contribution in [-0.2, 0) is 16.4 Å². The van der Waals surface area contributed by atoms with E-state index in [1.54, 1.807) is 12.1 Å². The van der Waals surface area contributed by atoms with Crippen molar-refractivity contribution >= 4 is 38.3 Å². The van der Waals surface area contributed by atoms with Crippen molar-refractivity contribution in [2.75, 3.05) is 10.8 Å². The van der Waals surface area contributed by atoms with E-state index in [1.165, 1.54) is 6.07 Å². The van der Waals surface area contributed by atoms with Crippen LogP contribution in [0.4, 0.5) is 18.9 Å². The van der Waals surface area contributed by atoms with E-state index in [-0.39, 0.29) is 12.2 Å². The number of halogens is 4. The van der Waals surface area contributed by atoms with Crippen molar-refractivity contribution in [1.82, 2.24) is 0 Å².